The van der Waals surface area contributed by atoms with E-state index in [0.717, 1.165) is 11.3 Å². The summed E-state index contributed by atoms with van der Waals surface area (Å²) in [5.41, 5.74) is 2.21. The van der Waals surface area contributed by atoms with E-state index >= 15 is 0 Å². The lowest BCUT2D eigenvalue weighted by molar-refractivity contribution is 1.16. The minimum Gasteiger partial charge on any atom is -0.339 e. The van der Waals surface area contributed by atoms with Crippen LogP contribution in [0, 0.1) is 11.3 Å². The summed E-state index contributed by atoms with van der Waals surface area (Å²) in [5.74, 6) is 1.10. The van der Waals surface area contributed by atoms with Crippen LogP contribution in [0.5, 0.6) is 0 Å². The molecule has 0 aliphatic rings. The van der Waals surface area contributed by atoms with Gasteiger partial charge in [-0.2, -0.15) is 5.26 Å². The lowest BCUT2D eigenvalue weighted by atomic mass is 10.2. The summed E-state index contributed by atoms with van der Waals surface area (Å²) in [7, 11) is 0. The maximum absolute atomic E-state index is 9.19. The number of rotatable bonds is 3. The predicted octanol–water partition coefficient (Wildman–Crippen LogP) is 3.76. The van der Waals surface area contributed by atoms with Crippen molar-refractivity contribution < 1.29 is 0 Å². The Morgan fingerprint density at radius 1 is 0.905 bits per heavy atom. The Morgan fingerprint density at radius 2 is 1.57 bits per heavy atom. The number of nitriles is 1. The van der Waals surface area contributed by atoms with Crippen LogP contribution in [0.3, 0.4) is 0 Å². The monoisotopic (exact) mass is 272 g/mol. The van der Waals surface area contributed by atoms with E-state index in [-0.39, 0.29) is 0 Å². The van der Waals surface area contributed by atoms with E-state index in [9.17, 15) is 5.26 Å². The Balaban J connectivity index is 2.01. The van der Waals surface area contributed by atoms with Crippen LogP contribution in [0.1, 0.15) is 5.56 Å². The molecule has 3 rings (SSSR count). The van der Waals surface area contributed by atoms with Crippen molar-refractivity contribution in [2.45, 2.75) is 0 Å². The van der Waals surface area contributed by atoms with Crippen molar-refractivity contribution in [2.24, 2.45) is 0 Å². The molecule has 0 spiro atoms. The molecular formula is C17H12N4. The molecule has 0 unspecified atom stereocenters. The van der Waals surface area contributed by atoms with Gasteiger partial charge in [-0.1, -0.05) is 48.5 Å². The minimum atomic E-state index is 0.415. The number of nitrogens with one attached hydrogen (secondary N) is 1. The lowest BCUT2D eigenvalue weighted by Gasteiger charge is -2.08. The highest BCUT2D eigenvalue weighted by atomic mass is 15.0. The van der Waals surface area contributed by atoms with Gasteiger partial charge in [0.1, 0.15) is 11.6 Å². The zero-order valence-corrected chi connectivity index (χ0v) is 11.2. The molecule has 0 fully saturated rings. The Bertz CT molecular complexity index is 777. The molecule has 100 valence electrons. The molecule has 0 amide bonds. The summed E-state index contributed by atoms with van der Waals surface area (Å²) in [6, 6.07) is 21.4. The summed E-state index contributed by atoms with van der Waals surface area (Å²) >= 11 is 0. The van der Waals surface area contributed by atoms with E-state index in [1.54, 1.807) is 6.20 Å². The topological polar surface area (TPSA) is 61.6 Å². The van der Waals surface area contributed by atoms with Gasteiger partial charge in [0.15, 0.2) is 11.6 Å². The second-order valence-electron chi connectivity index (χ2n) is 4.42. The number of nitrogens with zero attached hydrogens (tertiary/aromatic N) is 3. The molecule has 0 radical (unpaired) electrons. The molecule has 4 nitrogen and oxygen atoms in total. The third-order valence-electron chi connectivity index (χ3n) is 2.98. The molecular weight excluding hydrogens is 260 g/mol. The predicted molar refractivity (Wildman–Crippen MR) is 81.9 cm³/mol. The number of hydrogen-bond donors (Lipinski definition) is 1. The molecule has 0 saturated heterocycles. The van der Waals surface area contributed by atoms with Crippen LogP contribution < -0.4 is 5.32 Å². The van der Waals surface area contributed by atoms with Gasteiger partial charge in [-0.05, 0) is 12.1 Å². The van der Waals surface area contributed by atoms with Crippen LogP contribution in [-0.2, 0) is 0 Å². The van der Waals surface area contributed by atoms with E-state index < -0.39 is 0 Å². The number of para-hydroxylation sites is 1. The Labute approximate surface area is 122 Å². The van der Waals surface area contributed by atoms with Gasteiger partial charge in [-0.3, -0.25) is 0 Å². The summed E-state index contributed by atoms with van der Waals surface area (Å²) in [4.78, 5) is 8.71. The molecule has 0 aliphatic heterocycles. The third-order valence-corrected chi connectivity index (χ3v) is 2.98. The van der Waals surface area contributed by atoms with E-state index in [4.69, 9.17) is 0 Å². The first kappa shape index (κ1) is 12.8. The number of hydrogen-bond acceptors (Lipinski definition) is 4. The average Bonchev–Trinajstić information content (AvgIpc) is 2.56. The molecule has 0 atom stereocenters. The average molecular weight is 272 g/mol. The first-order valence-electron chi connectivity index (χ1n) is 6.51. The second kappa shape index (κ2) is 5.85. The van der Waals surface area contributed by atoms with Gasteiger partial charge in [-0.25, -0.2) is 9.97 Å². The van der Waals surface area contributed by atoms with E-state index in [2.05, 4.69) is 21.4 Å². The zero-order valence-electron chi connectivity index (χ0n) is 11.2. The van der Waals surface area contributed by atoms with Crippen molar-refractivity contribution in [3.63, 3.8) is 0 Å². The number of benzene rings is 2. The van der Waals surface area contributed by atoms with Crippen molar-refractivity contribution in [2.75, 3.05) is 5.32 Å². The van der Waals surface area contributed by atoms with Crippen molar-refractivity contribution in [1.29, 1.82) is 5.26 Å². The molecule has 0 aliphatic carbocycles. The normalized spacial score (nSPS) is 9.86. The zero-order chi connectivity index (χ0) is 14.5. The van der Waals surface area contributed by atoms with Crippen LogP contribution >= 0.6 is 0 Å². The maximum Gasteiger partial charge on any atom is 0.161 e. The molecule has 1 N–H and O–H groups in total. The molecule has 1 aromatic heterocycles. The molecule has 2 aromatic carbocycles. The molecule has 0 saturated carbocycles. The minimum absolute atomic E-state index is 0.415. The number of aromatic nitrogens is 2. The molecule has 4 heteroatoms. The van der Waals surface area contributed by atoms with Gasteiger partial charge in [0.05, 0.1) is 6.20 Å². The van der Waals surface area contributed by atoms with Gasteiger partial charge in [0, 0.05) is 11.3 Å². The van der Waals surface area contributed by atoms with E-state index in [0.29, 0.717) is 17.2 Å². The molecule has 1 heterocycles. The maximum atomic E-state index is 9.19. The Kier molecular flexibility index (Phi) is 3.57. The van der Waals surface area contributed by atoms with Crippen molar-refractivity contribution in [1.82, 2.24) is 9.97 Å². The summed E-state index contributed by atoms with van der Waals surface area (Å²) in [5, 5.41) is 12.3. The molecule has 21 heavy (non-hydrogen) atoms. The summed E-state index contributed by atoms with van der Waals surface area (Å²) < 4.78 is 0. The van der Waals surface area contributed by atoms with Crippen LogP contribution in [0.15, 0.2) is 66.9 Å². The van der Waals surface area contributed by atoms with Gasteiger partial charge >= 0.3 is 0 Å². The van der Waals surface area contributed by atoms with Crippen LogP contribution in [-0.4, -0.2) is 9.97 Å². The molecule has 3 aromatic rings. The smallest absolute Gasteiger partial charge is 0.161 e. The van der Waals surface area contributed by atoms with Crippen molar-refractivity contribution in [3.8, 4) is 17.5 Å². The summed E-state index contributed by atoms with van der Waals surface area (Å²) in [6.45, 7) is 0. The van der Waals surface area contributed by atoms with Gasteiger partial charge in [0.25, 0.3) is 0 Å². The largest absolute Gasteiger partial charge is 0.339 e. The SMILES string of the molecule is N#Cc1cnc(-c2ccccc2)nc1Nc1ccccc1. The van der Waals surface area contributed by atoms with E-state index in [1.807, 2.05) is 60.7 Å². The number of anilines is 2. The van der Waals surface area contributed by atoms with E-state index in [1.165, 1.54) is 0 Å². The fraction of sp³-hybridized carbons (Fsp3) is 0. The fourth-order valence-electron chi connectivity index (χ4n) is 1.94. The standard InChI is InChI=1S/C17H12N4/c18-11-14-12-19-16(13-7-3-1-4-8-13)21-17(14)20-15-9-5-2-6-10-15/h1-10,12H,(H,19,20,21). The third kappa shape index (κ3) is 2.88. The van der Waals surface area contributed by atoms with Gasteiger partial charge in [-0.15, -0.1) is 0 Å². The van der Waals surface area contributed by atoms with Crippen LogP contribution in [0.25, 0.3) is 11.4 Å². The Hall–Kier alpha value is -3.19. The van der Waals surface area contributed by atoms with Crippen molar-refractivity contribution in [3.05, 3.63) is 72.4 Å². The summed E-state index contributed by atoms with van der Waals surface area (Å²) in [6.07, 6.45) is 1.54. The highest BCUT2D eigenvalue weighted by molar-refractivity contribution is 5.65. The first-order valence-corrected chi connectivity index (χ1v) is 6.51. The lowest BCUT2D eigenvalue weighted by Crippen LogP contribution is -2.00. The van der Waals surface area contributed by atoms with Crippen molar-refractivity contribution >= 4 is 11.5 Å². The highest BCUT2D eigenvalue weighted by Gasteiger charge is 2.08. The van der Waals surface area contributed by atoms with Crippen LogP contribution in [0.4, 0.5) is 11.5 Å². The fourth-order valence-corrected chi connectivity index (χ4v) is 1.94. The molecule has 0 bridgehead atoms. The van der Waals surface area contributed by atoms with Crippen LogP contribution in [0.2, 0.25) is 0 Å². The quantitative estimate of drug-likeness (QED) is 0.788. The van der Waals surface area contributed by atoms with Gasteiger partial charge in [0.2, 0.25) is 0 Å². The second-order valence-corrected chi connectivity index (χ2v) is 4.42. The highest BCUT2D eigenvalue weighted by Crippen LogP contribution is 2.21. The Morgan fingerprint density at radius 3 is 2.24 bits per heavy atom. The first-order chi connectivity index (χ1) is 10.4. The van der Waals surface area contributed by atoms with Gasteiger partial charge < -0.3 is 5.32 Å².